The Hall–Kier alpha value is -4.34. The number of aromatic nitrogens is 1. The van der Waals surface area contributed by atoms with Crippen molar-refractivity contribution < 1.29 is 28.4 Å². The van der Waals surface area contributed by atoms with Gasteiger partial charge >= 0.3 is 171 Å². The molecule has 46 heavy (non-hydrogen) atoms. The number of benzene rings is 2. The van der Waals surface area contributed by atoms with Crippen molar-refractivity contribution in [3.05, 3.63) is 88.6 Å². The van der Waals surface area contributed by atoms with Gasteiger partial charge in [-0.2, -0.15) is 0 Å². The van der Waals surface area contributed by atoms with Crippen LogP contribution < -0.4 is 10.6 Å². The van der Waals surface area contributed by atoms with Gasteiger partial charge in [0.2, 0.25) is 5.91 Å². The number of fused-ring (bicyclic) bond motifs is 3. The number of ether oxygens (including phenoxy) is 1. The average Bonchev–Trinajstić information content (AvgIpc) is 3.48. The predicted molar refractivity (Wildman–Crippen MR) is 177 cm³/mol. The molecule has 0 bridgehead atoms. The number of rotatable bonds is 9. The van der Waals surface area contributed by atoms with Gasteiger partial charge in [-0.15, -0.1) is 0 Å². The summed E-state index contributed by atoms with van der Waals surface area (Å²) in [6.45, 7) is 6.85. The van der Waals surface area contributed by atoms with Gasteiger partial charge in [-0.1, -0.05) is 12.1 Å². The van der Waals surface area contributed by atoms with Crippen LogP contribution in [0.5, 0.6) is 0 Å². The Morgan fingerprint density at radius 3 is 2.43 bits per heavy atom. The SMILES string of the molecule is CN(Cc1ccccc1CN(CC(=O)Nc1ccc2c(c1)CC1(C2)C(=O)Nc2ncccc21)C(=O)C1COC1)C(=O)O[PH](C)(C)C. The molecule has 3 aromatic rings. The van der Waals surface area contributed by atoms with Gasteiger partial charge < -0.3 is 5.32 Å². The fourth-order valence-electron chi connectivity index (χ4n) is 6.30. The zero-order valence-corrected chi connectivity index (χ0v) is 27.6. The van der Waals surface area contributed by atoms with E-state index in [-0.39, 0.29) is 42.8 Å². The van der Waals surface area contributed by atoms with E-state index < -0.39 is 12.9 Å². The molecule has 2 N–H and O–H groups in total. The molecular weight excluding hydrogens is 605 g/mol. The molecule has 1 atom stereocenters. The number of anilines is 2. The molecule has 4 amide bonds. The van der Waals surface area contributed by atoms with Crippen LogP contribution in [-0.2, 0) is 55.0 Å². The zero-order valence-electron chi connectivity index (χ0n) is 26.6. The van der Waals surface area contributed by atoms with E-state index in [9.17, 15) is 19.2 Å². The Bertz CT molecular complexity index is 1700. The molecule has 1 fully saturated rings. The fraction of sp³-hybridized carbons (Fsp3) is 0.382. The number of nitrogens with one attached hydrogen (secondary N) is 2. The molecule has 3 heterocycles. The van der Waals surface area contributed by atoms with Gasteiger partial charge in [0, 0.05) is 11.8 Å². The second-order valence-electron chi connectivity index (χ2n) is 13.4. The van der Waals surface area contributed by atoms with E-state index in [0.29, 0.717) is 44.1 Å². The molecule has 0 saturated carbocycles. The van der Waals surface area contributed by atoms with Crippen LogP contribution in [0, 0.1) is 5.92 Å². The second kappa shape index (κ2) is 12.5. The summed E-state index contributed by atoms with van der Waals surface area (Å²) >= 11 is 0. The first-order valence-corrected chi connectivity index (χ1v) is 18.9. The van der Waals surface area contributed by atoms with Gasteiger partial charge in [-0.05, 0) is 42.2 Å². The van der Waals surface area contributed by atoms with Crippen molar-refractivity contribution in [2.24, 2.45) is 5.92 Å². The molecule has 1 spiro atoms. The molecule has 11 nitrogen and oxygen atoms in total. The summed E-state index contributed by atoms with van der Waals surface area (Å²) in [6, 6.07) is 17.1. The van der Waals surface area contributed by atoms with Crippen molar-refractivity contribution in [1.29, 1.82) is 0 Å². The van der Waals surface area contributed by atoms with Gasteiger partial charge in [-0.3, -0.25) is 4.79 Å². The number of carbonyl (C=O) groups excluding carboxylic acids is 4. The number of pyridine rings is 1. The molecule has 6 rings (SSSR count). The van der Waals surface area contributed by atoms with E-state index >= 15 is 0 Å². The molecule has 2 aliphatic heterocycles. The first-order valence-electron chi connectivity index (χ1n) is 15.5. The summed E-state index contributed by atoms with van der Waals surface area (Å²) in [5.41, 5.74) is 4.56. The minimum atomic E-state index is -2.07. The zero-order chi connectivity index (χ0) is 32.6. The summed E-state index contributed by atoms with van der Waals surface area (Å²) in [4.78, 5) is 60.1. The first-order chi connectivity index (χ1) is 21.9. The van der Waals surface area contributed by atoms with Crippen LogP contribution in [0.1, 0.15) is 27.8 Å². The van der Waals surface area contributed by atoms with E-state index in [2.05, 4.69) is 15.6 Å². The van der Waals surface area contributed by atoms with Crippen molar-refractivity contribution in [3.63, 3.8) is 0 Å². The van der Waals surface area contributed by atoms with Crippen LogP contribution in [0.2, 0.25) is 0 Å². The average molecular weight is 646 g/mol. The maximum atomic E-state index is 13.5. The summed E-state index contributed by atoms with van der Waals surface area (Å²) in [5.74, 6) is -0.243. The quantitative estimate of drug-likeness (QED) is 0.339. The third-order valence-corrected chi connectivity index (χ3v) is 9.48. The van der Waals surface area contributed by atoms with Crippen LogP contribution >= 0.6 is 7.49 Å². The van der Waals surface area contributed by atoms with Crippen LogP contribution in [0.4, 0.5) is 16.3 Å². The Balaban J connectivity index is 1.15. The van der Waals surface area contributed by atoms with Crippen molar-refractivity contribution in [3.8, 4) is 0 Å². The van der Waals surface area contributed by atoms with Gasteiger partial charge in [-0.25, -0.2) is 4.98 Å². The number of hydrogen-bond donors (Lipinski definition) is 2. The predicted octanol–water partition coefficient (Wildman–Crippen LogP) is 3.81. The molecule has 1 aliphatic carbocycles. The second-order valence-corrected chi connectivity index (χ2v) is 17.8. The van der Waals surface area contributed by atoms with Crippen molar-refractivity contribution in [1.82, 2.24) is 14.8 Å². The molecule has 3 aliphatic rings. The molecule has 1 aromatic heterocycles. The number of amides is 4. The van der Waals surface area contributed by atoms with Crippen molar-refractivity contribution in [2.75, 3.05) is 57.4 Å². The standard InChI is InChI=1S/C34H40N5O6P/c1-38(33(43)45-46(2,3)4)17-23-8-5-6-9-24(23)18-39(31(41)26-20-44-21-26)19-29(40)36-27-12-11-22-15-34(16-25(22)14-27)28-10-7-13-35-30(28)37-32(34)42/h5-14,26,46H,15-21H2,1-4H3,(H,36,40)(H,35,37,42). The van der Waals surface area contributed by atoms with E-state index in [1.165, 1.54) is 4.90 Å². The first kappa shape index (κ1) is 31.6. The monoisotopic (exact) mass is 645 g/mol. The topological polar surface area (TPSA) is 130 Å². The number of nitrogens with zero attached hydrogens (tertiary/aromatic N) is 3. The molecular formula is C34H40N5O6P. The molecule has 1 saturated heterocycles. The fourth-order valence-corrected chi connectivity index (χ4v) is 6.98. The van der Waals surface area contributed by atoms with Gasteiger partial charge in [0.25, 0.3) is 0 Å². The summed E-state index contributed by atoms with van der Waals surface area (Å²) in [5, 5.41) is 5.89. The van der Waals surface area contributed by atoms with Crippen LogP contribution in [0.3, 0.4) is 0 Å². The molecule has 1 unspecified atom stereocenters. The summed E-state index contributed by atoms with van der Waals surface area (Å²) in [7, 11) is -0.379. The van der Waals surface area contributed by atoms with Crippen LogP contribution in [0.15, 0.2) is 60.8 Å². The maximum absolute atomic E-state index is 13.5. The molecule has 0 radical (unpaired) electrons. The molecule has 12 heteroatoms. The summed E-state index contributed by atoms with van der Waals surface area (Å²) in [6.07, 6.45) is 2.36. The molecule has 2 aromatic carbocycles. The van der Waals surface area contributed by atoms with Gasteiger partial charge in [0.15, 0.2) is 0 Å². The Morgan fingerprint density at radius 2 is 1.74 bits per heavy atom. The number of carbonyl (C=O) groups is 4. The number of hydrogen-bond acceptors (Lipinski definition) is 7. The van der Waals surface area contributed by atoms with Gasteiger partial charge in [0.05, 0.1) is 5.41 Å². The van der Waals surface area contributed by atoms with E-state index in [1.807, 2.05) is 74.6 Å². The Morgan fingerprint density at radius 1 is 1.02 bits per heavy atom. The normalized spacial score (nSPS) is 18.7. The third-order valence-electron chi connectivity index (χ3n) is 8.69. The van der Waals surface area contributed by atoms with Gasteiger partial charge in [0.1, 0.15) is 5.82 Å². The molecule has 242 valence electrons. The Labute approximate surface area is 269 Å². The van der Waals surface area contributed by atoms with Crippen molar-refractivity contribution in [2.45, 2.75) is 31.3 Å². The Kier molecular flexibility index (Phi) is 8.56. The van der Waals surface area contributed by atoms with E-state index in [1.54, 1.807) is 18.1 Å². The van der Waals surface area contributed by atoms with Crippen molar-refractivity contribution >= 4 is 42.8 Å². The summed E-state index contributed by atoms with van der Waals surface area (Å²) < 4.78 is 10.9. The van der Waals surface area contributed by atoms with Crippen LogP contribution in [0.25, 0.3) is 0 Å². The third kappa shape index (κ3) is 6.48. The van der Waals surface area contributed by atoms with Crippen LogP contribution in [-0.4, -0.2) is 85.4 Å². The minimum absolute atomic E-state index is 0.0588. The van der Waals surface area contributed by atoms with E-state index in [0.717, 1.165) is 27.8 Å². The van der Waals surface area contributed by atoms with E-state index in [4.69, 9.17) is 9.26 Å².